The maximum absolute atomic E-state index is 11.1. The van der Waals surface area contributed by atoms with E-state index in [4.69, 9.17) is 9.84 Å². The van der Waals surface area contributed by atoms with Crippen LogP contribution in [-0.2, 0) is 9.53 Å². The number of ether oxygens (including phenoxy) is 1. The van der Waals surface area contributed by atoms with Gasteiger partial charge in [-0.15, -0.1) is 0 Å². The Bertz CT molecular complexity index is 486. The van der Waals surface area contributed by atoms with E-state index in [0.29, 0.717) is 13.0 Å². The van der Waals surface area contributed by atoms with Gasteiger partial charge < -0.3 is 20.1 Å². The smallest absolute Gasteiger partial charge is 0.307 e. The highest BCUT2D eigenvalue weighted by molar-refractivity contribution is 5.71. The van der Waals surface area contributed by atoms with Crippen LogP contribution in [0.2, 0.25) is 0 Å². The number of para-hydroxylation sites is 1. The van der Waals surface area contributed by atoms with Crippen molar-refractivity contribution < 1.29 is 14.6 Å². The number of hydrogen-bond acceptors (Lipinski definition) is 4. The van der Waals surface area contributed by atoms with Crippen LogP contribution < -0.4 is 10.2 Å². The van der Waals surface area contributed by atoms with Crippen molar-refractivity contribution in [2.24, 2.45) is 5.92 Å². The van der Waals surface area contributed by atoms with E-state index in [2.05, 4.69) is 22.3 Å². The summed E-state index contributed by atoms with van der Waals surface area (Å²) in [6.45, 7) is 3.85. The Hall–Kier alpha value is -1.59. The van der Waals surface area contributed by atoms with Gasteiger partial charge in [-0.2, -0.15) is 0 Å². The van der Waals surface area contributed by atoms with E-state index in [1.807, 2.05) is 12.1 Å². The third kappa shape index (κ3) is 2.64. The van der Waals surface area contributed by atoms with Crippen molar-refractivity contribution >= 4 is 11.7 Å². The second kappa shape index (κ2) is 5.81. The first kappa shape index (κ1) is 13.4. The lowest BCUT2D eigenvalue weighted by molar-refractivity contribution is -0.141. The summed E-state index contributed by atoms with van der Waals surface area (Å²) >= 11 is 0. The monoisotopic (exact) mass is 276 g/mol. The van der Waals surface area contributed by atoms with Crippen molar-refractivity contribution in [3.8, 4) is 0 Å². The Labute approximate surface area is 118 Å². The molecule has 0 spiro atoms. The van der Waals surface area contributed by atoms with Gasteiger partial charge in [-0.05, 0) is 18.1 Å². The van der Waals surface area contributed by atoms with Gasteiger partial charge in [0.1, 0.15) is 0 Å². The summed E-state index contributed by atoms with van der Waals surface area (Å²) in [5, 5.41) is 12.5. The van der Waals surface area contributed by atoms with Crippen LogP contribution in [0.15, 0.2) is 24.3 Å². The first-order valence-corrected chi connectivity index (χ1v) is 7.13. The molecule has 0 bridgehead atoms. The van der Waals surface area contributed by atoms with Gasteiger partial charge in [0.05, 0.1) is 19.1 Å². The molecule has 0 radical (unpaired) electrons. The number of carboxylic acid groups (broad SMARTS) is 1. The van der Waals surface area contributed by atoms with Gasteiger partial charge in [-0.25, -0.2) is 0 Å². The normalized spacial score (nSPS) is 26.7. The Morgan fingerprint density at radius 3 is 2.75 bits per heavy atom. The van der Waals surface area contributed by atoms with Gasteiger partial charge in [-0.1, -0.05) is 18.2 Å². The van der Waals surface area contributed by atoms with Crippen LogP contribution >= 0.6 is 0 Å². The molecule has 0 aromatic heterocycles. The summed E-state index contributed by atoms with van der Waals surface area (Å²) in [5.74, 6) is -0.985. The van der Waals surface area contributed by atoms with E-state index in [-0.39, 0.29) is 12.0 Å². The molecule has 0 saturated carbocycles. The second-order valence-electron chi connectivity index (χ2n) is 5.39. The Kier molecular flexibility index (Phi) is 3.89. The molecule has 0 aliphatic carbocycles. The molecule has 2 heterocycles. The Morgan fingerprint density at radius 2 is 2.05 bits per heavy atom. The minimum atomic E-state index is -0.705. The zero-order chi connectivity index (χ0) is 13.9. The van der Waals surface area contributed by atoms with Gasteiger partial charge in [0.25, 0.3) is 0 Å². The number of carboxylic acids is 1. The van der Waals surface area contributed by atoms with Crippen LogP contribution in [0.4, 0.5) is 5.69 Å². The van der Waals surface area contributed by atoms with E-state index in [0.717, 1.165) is 26.3 Å². The number of benzene rings is 1. The number of nitrogens with one attached hydrogen (secondary N) is 1. The van der Waals surface area contributed by atoms with Crippen molar-refractivity contribution in [2.45, 2.75) is 12.5 Å². The fourth-order valence-corrected chi connectivity index (χ4v) is 3.04. The van der Waals surface area contributed by atoms with Gasteiger partial charge in [0.15, 0.2) is 0 Å². The molecule has 2 saturated heterocycles. The molecule has 2 aliphatic heterocycles. The standard InChI is InChI=1S/C15H20N2O3/c18-15(19)11-9-13(16-10-11)12-3-1-2-4-14(12)17-5-7-20-8-6-17/h1-4,11,13,16H,5-10H2,(H,18,19). The van der Waals surface area contributed by atoms with Gasteiger partial charge in [0, 0.05) is 31.4 Å². The fraction of sp³-hybridized carbons (Fsp3) is 0.533. The first-order valence-electron chi connectivity index (χ1n) is 7.13. The molecule has 3 rings (SSSR count). The lowest BCUT2D eigenvalue weighted by Gasteiger charge is -2.31. The summed E-state index contributed by atoms with van der Waals surface area (Å²) in [6.07, 6.45) is 0.663. The summed E-state index contributed by atoms with van der Waals surface area (Å²) in [6, 6.07) is 8.42. The number of nitrogens with zero attached hydrogens (tertiary/aromatic N) is 1. The molecule has 20 heavy (non-hydrogen) atoms. The quantitative estimate of drug-likeness (QED) is 0.870. The predicted molar refractivity (Wildman–Crippen MR) is 76.0 cm³/mol. The number of rotatable bonds is 3. The number of carbonyl (C=O) groups is 1. The van der Waals surface area contributed by atoms with Crippen LogP contribution in [0.3, 0.4) is 0 Å². The number of anilines is 1. The molecule has 5 heteroatoms. The highest BCUT2D eigenvalue weighted by atomic mass is 16.5. The first-order chi connectivity index (χ1) is 9.75. The summed E-state index contributed by atoms with van der Waals surface area (Å²) in [7, 11) is 0. The maximum atomic E-state index is 11.1. The average molecular weight is 276 g/mol. The zero-order valence-electron chi connectivity index (χ0n) is 11.4. The van der Waals surface area contributed by atoms with Crippen LogP contribution in [-0.4, -0.2) is 43.9 Å². The third-order valence-electron chi connectivity index (χ3n) is 4.14. The van der Waals surface area contributed by atoms with Gasteiger partial charge in [0.2, 0.25) is 0 Å². The molecule has 0 amide bonds. The van der Waals surface area contributed by atoms with E-state index in [9.17, 15) is 4.79 Å². The highest BCUT2D eigenvalue weighted by Gasteiger charge is 2.31. The Morgan fingerprint density at radius 1 is 1.30 bits per heavy atom. The highest BCUT2D eigenvalue weighted by Crippen LogP contribution is 2.34. The van der Waals surface area contributed by atoms with Crippen molar-refractivity contribution in [3.63, 3.8) is 0 Å². The minimum Gasteiger partial charge on any atom is -0.481 e. The number of hydrogen-bond donors (Lipinski definition) is 2. The molecular formula is C15H20N2O3. The van der Waals surface area contributed by atoms with E-state index in [1.54, 1.807) is 0 Å². The fourth-order valence-electron chi connectivity index (χ4n) is 3.04. The number of aliphatic carboxylic acids is 1. The van der Waals surface area contributed by atoms with Crippen molar-refractivity contribution in [1.29, 1.82) is 0 Å². The molecule has 2 unspecified atom stereocenters. The summed E-state index contributed by atoms with van der Waals surface area (Å²) in [4.78, 5) is 13.4. The summed E-state index contributed by atoms with van der Waals surface area (Å²) < 4.78 is 5.40. The van der Waals surface area contributed by atoms with Gasteiger partial charge >= 0.3 is 5.97 Å². The van der Waals surface area contributed by atoms with E-state index >= 15 is 0 Å². The van der Waals surface area contributed by atoms with Crippen molar-refractivity contribution in [3.05, 3.63) is 29.8 Å². The topological polar surface area (TPSA) is 61.8 Å². The lowest BCUT2D eigenvalue weighted by atomic mass is 9.98. The lowest BCUT2D eigenvalue weighted by Crippen LogP contribution is -2.37. The molecule has 1 aromatic carbocycles. The minimum absolute atomic E-state index is 0.134. The largest absolute Gasteiger partial charge is 0.481 e. The molecular weight excluding hydrogens is 256 g/mol. The molecule has 108 valence electrons. The predicted octanol–water partition coefficient (Wildman–Crippen LogP) is 1.26. The zero-order valence-corrected chi connectivity index (χ0v) is 11.4. The number of morpholine rings is 1. The molecule has 5 nitrogen and oxygen atoms in total. The third-order valence-corrected chi connectivity index (χ3v) is 4.14. The summed E-state index contributed by atoms with van der Waals surface area (Å²) in [5.41, 5.74) is 2.41. The van der Waals surface area contributed by atoms with Crippen molar-refractivity contribution in [1.82, 2.24) is 5.32 Å². The average Bonchev–Trinajstić information content (AvgIpc) is 2.98. The molecule has 1 aromatic rings. The molecule has 2 N–H and O–H groups in total. The van der Waals surface area contributed by atoms with E-state index in [1.165, 1.54) is 11.3 Å². The van der Waals surface area contributed by atoms with Crippen LogP contribution in [0.5, 0.6) is 0 Å². The Balaban J connectivity index is 1.81. The molecule has 2 aliphatic rings. The van der Waals surface area contributed by atoms with Crippen LogP contribution in [0.25, 0.3) is 0 Å². The molecule has 2 atom stereocenters. The maximum Gasteiger partial charge on any atom is 0.307 e. The van der Waals surface area contributed by atoms with E-state index < -0.39 is 5.97 Å². The van der Waals surface area contributed by atoms with Crippen LogP contribution in [0.1, 0.15) is 18.0 Å². The molecule has 2 fully saturated rings. The second-order valence-corrected chi connectivity index (χ2v) is 5.39. The van der Waals surface area contributed by atoms with Gasteiger partial charge in [-0.3, -0.25) is 4.79 Å². The van der Waals surface area contributed by atoms with Crippen molar-refractivity contribution in [2.75, 3.05) is 37.7 Å². The van der Waals surface area contributed by atoms with Crippen LogP contribution in [0, 0.1) is 5.92 Å². The SMILES string of the molecule is O=C(O)C1CNC(c2ccccc2N2CCOCC2)C1.